The van der Waals surface area contributed by atoms with E-state index >= 15 is 0 Å². The summed E-state index contributed by atoms with van der Waals surface area (Å²) in [5.74, 6) is 2.28. The third-order valence-electron chi connectivity index (χ3n) is 3.48. The molecule has 1 aromatic carbocycles. The summed E-state index contributed by atoms with van der Waals surface area (Å²) in [4.78, 5) is 0. The average Bonchev–Trinajstić information content (AvgIpc) is 2.80. The maximum absolute atomic E-state index is 5.83. The fourth-order valence-corrected chi connectivity index (χ4v) is 2.81. The van der Waals surface area contributed by atoms with Gasteiger partial charge in [0.2, 0.25) is 0 Å². The van der Waals surface area contributed by atoms with E-state index < -0.39 is 0 Å². The van der Waals surface area contributed by atoms with Crippen LogP contribution in [0.4, 0.5) is 0 Å². The van der Waals surface area contributed by atoms with Crippen molar-refractivity contribution in [2.24, 2.45) is 0 Å². The van der Waals surface area contributed by atoms with E-state index in [0.717, 1.165) is 31.0 Å². The quantitative estimate of drug-likeness (QED) is 0.875. The number of nitrogens with zero attached hydrogens (tertiary/aromatic N) is 2. The second kappa shape index (κ2) is 5.17. The molecule has 0 amide bonds. The molecule has 1 unspecified atom stereocenters. The summed E-state index contributed by atoms with van der Waals surface area (Å²) in [6, 6.07) is 8.20. The van der Waals surface area contributed by atoms with Gasteiger partial charge in [-0.3, -0.25) is 5.10 Å². The Morgan fingerprint density at radius 3 is 3.16 bits per heavy atom. The third-order valence-corrected chi connectivity index (χ3v) is 3.79. The SMILES string of the molecule is CCCn1c(C2COc3ccccc3C2)n[nH]c1=S. The van der Waals surface area contributed by atoms with Crippen molar-refractivity contribution in [2.45, 2.75) is 32.2 Å². The molecule has 0 fully saturated rings. The molecule has 1 aliphatic heterocycles. The molecule has 0 aliphatic carbocycles. The standard InChI is InChI=1S/C14H17N3OS/c1-2-7-17-13(15-16-14(17)19)11-8-10-5-3-4-6-12(10)18-9-11/h3-6,11H,2,7-9H2,1H3,(H,16,19). The fourth-order valence-electron chi connectivity index (χ4n) is 2.58. The molecule has 1 aromatic heterocycles. The number of nitrogens with one attached hydrogen (secondary N) is 1. The molecule has 0 saturated heterocycles. The summed E-state index contributed by atoms with van der Waals surface area (Å²) >= 11 is 5.29. The molecule has 4 nitrogen and oxygen atoms in total. The van der Waals surface area contributed by atoms with E-state index in [1.165, 1.54) is 5.56 Å². The van der Waals surface area contributed by atoms with E-state index in [9.17, 15) is 0 Å². The van der Waals surface area contributed by atoms with Crippen molar-refractivity contribution in [2.75, 3.05) is 6.61 Å². The van der Waals surface area contributed by atoms with Crippen LogP contribution in [0.1, 0.15) is 30.7 Å². The Hall–Kier alpha value is -1.62. The van der Waals surface area contributed by atoms with Gasteiger partial charge in [0.25, 0.3) is 0 Å². The van der Waals surface area contributed by atoms with Gasteiger partial charge in [0.05, 0.1) is 12.5 Å². The molecule has 0 radical (unpaired) electrons. The zero-order valence-corrected chi connectivity index (χ0v) is 11.7. The highest BCUT2D eigenvalue weighted by atomic mass is 32.1. The summed E-state index contributed by atoms with van der Waals surface area (Å²) in [6.45, 7) is 3.72. The number of H-pyrrole nitrogens is 1. The highest BCUT2D eigenvalue weighted by molar-refractivity contribution is 7.71. The Morgan fingerprint density at radius 2 is 2.32 bits per heavy atom. The van der Waals surface area contributed by atoms with Crippen molar-refractivity contribution in [1.29, 1.82) is 0 Å². The topological polar surface area (TPSA) is 42.8 Å². The molecule has 0 spiro atoms. The van der Waals surface area contributed by atoms with Crippen LogP contribution in [0.2, 0.25) is 0 Å². The predicted octanol–water partition coefficient (Wildman–Crippen LogP) is 3.07. The second-order valence-corrected chi connectivity index (χ2v) is 5.25. The second-order valence-electron chi connectivity index (χ2n) is 4.86. The maximum Gasteiger partial charge on any atom is 0.195 e. The van der Waals surface area contributed by atoms with Crippen LogP contribution in [0, 0.1) is 4.77 Å². The normalized spacial score (nSPS) is 17.8. The van der Waals surface area contributed by atoms with Gasteiger partial charge < -0.3 is 9.30 Å². The number of ether oxygens (including phenoxy) is 1. The molecular formula is C14H17N3OS. The van der Waals surface area contributed by atoms with E-state index in [-0.39, 0.29) is 5.92 Å². The van der Waals surface area contributed by atoms with E-state index in [2.05, 4.69) is 27.8 Å². The molecule has 1 aliphatic rings. The van der Waals surface area contributed by atoms with Crippen molar-refractivity contribution in [1.82, 2.24) is 14.8 Å². The minimum absolute atomic E-state index is 0.273. The van der Waals surface area contributed by atoms with Crippen LogP contribution < -0.4 is 4.74 Å². The van der Waals surface area contributed by atoms with Crippen molar-refractivity contribution >= 4 is 12.2 Å². The van der Waals surface area contributed by atoms with Crippen LogP contribution in [0.25, 0.3) is 0 Å². The number of fused-ring (bicyclic) bond motifs is 1. The summed E-state index contributed by atoms with van der Waals surface area (Å²) in [7, 11) is 0. The minimum atomic E-state index is 0.273. The zero-order chi connectivity index (χ0) is 13.2. The minimum Gasteiger partial charge on any atom is -0.493 e. The van der Waals surface area contributed by atoms with Gasteiger partial charge in [0.1, 0.15) is 11.6 Å². The van der Waals surface area contributed by atoms with Gasteiger partial charge in [-0.15, -0.1) is 0 Å². The number of aromatic amines is 1. The first-order chi connectivity index (χ1) is 9.29. The summed E-state index contributed by atoms with van der Waals surface area (Å²) in [6.07, 6.45) is 2.00. The number of hydrogen-bond donors (Lipinski definition) is 1. The highest BCUT2D eigenvalue weighted by Gasteiger charge is 2.25. The highest BCUT2D eigenvalue weighted by Crippen LogP contribution is 2.31. The van der Waals surface area contributed by atoms with Crippen molar-refractivity contribution in [3.8, 4) is 5.75 Å². The lowest BCUT2D eigenvalue weighted by molar-refractivity contribution is 0.254. The van der Waals surface area contributed by atoms with Crippen molar-refractivity contribution < 1.29 is 4.74 Å². The number of aromatic nitrogens is 3. The number of benzene rings is 1. The lowest BCUT2D eigenvalue weighted by atomic mass is 9.96. The van der Waals surface area contributed by atoms with Crippen molar-refractivity contribution in [3.63, 3.8) is 0 Å². The lowest BCUT2D eigenvalue weighted by Crippen LogP contribution is -2.22. The average molecular weight is 275 g/mol. The Labute approximate surface area is 117 Å². The molecule has 0 saturated carbocycles. The Bertz CT molecular complexity index is 632. The summed E-state index contributed by atoms with van der Waals surface area (Å²) in [5.41, 5.74) is 1.25. The molecule has 0 bridgehead atoms. The van der Waals surface area contributed by atoms with Crippen LogP contribution in [0.5, 0.6) is 5.75 Å². The monoisotopic (exact) mass is 275 g/mol. The summed E-state index contributed by atoms with van der Waals surface area (Å²) < 4.78 is 8.63. The molecule has 3 rings (SSSR count). The molecule has 100 valence electrons. The van der Waals surface area contributed by atoms with Crippen LogP contribution in [0.15, 0.2) is 24.3 Å². The van der Waals surface area contributed by atoms with Gasteiger partial charge >= 0.3 is 0 Å². The molecule has 5 heteroatoms. The van der Waals surface area contributed by atoms with Crippen LogP contribution in [0.3, 0.4) is 0 Å². The Morgan fingerprint density at radius 1 is 1.47 bits per heavy atom. The molecular weight excluding hydrogens is 258 g/mol. The smallest absolute Gasteiger partial charge is 0.195 e. The van der Waals surface area contributed by atoms with Crippen LogP contribution in [-0.2, 0) is 13.0 Å². The first-order valence-electron chi connectivity index (χ1n) is 6.65. The number of rotatable bonds is 3. The molecule has 19 heavy (non-hydrogen) atoms. The number of para-hydroxylation sites is 1. The van der Waals surface area contributed by atoms with E-state index in [0.29, 0.717) is 11.4 Å². The summed E-state index contributed by atoms with van der Waals surface area (Å²) in [5, 5.41) is 7.30. The molecule has 1 atom stereocenters. The molecule has 2 aromatic rings. The van der Waals surface area contributed by atoms with Gasteiger partial charge in [-0.2, -0.15) is 5.10 Å². The Balaban J connectivity index is 1.91. The molecule has 2 heterocycles. The lowest BCUT2D eigenvalue weighted by Gasteiger charge is -2.24. The van der Waals surface area contributed by atoms with E-state index in [1.807, 2.05) is 18.2 Å². The van der Waals surface area contributed by atoms with E-state index in [4.69, 9.17) is 17.0 Å². The largest absolute Gasteiger partial charge is 0.493 e. The van der Waals surface area contributed by atoms with Gasteiger partial charge in [0, 0.05) is 6.54 Å². The van der Waals surface area contributed by atoms with Crippen molar-refractivity contribution in [3.05, 3.63) is 40.4 Å². The Kier molecular flexibility index (Phi) is 3.38. The van der Waals surface area contributed by atoms with Crippen LogP contribution >= 0.6 is 12.2 Å². The van der Waals surface area contributed by atoms with Gasteiger partial charge in [-0.1, -0.05) is 25.1 Å². The van der Waals surface area contributed by atoms with Gasteiger partial charge in [0.15, 0.2) is 4.77 Å². The van der Waals surface area contributed by atoms with Gasteiger partial charge in [-0.25, -0.2) is 0 Å². The number of hydrogen-bond acceptors (Lipinski definition) is 3. The first-order valence-corrected chi connectivity index (χ1v) is 7.06. The van der Waals surface area contributed by atoms with E-state index in [1.54, 1.807) is 0 Å². The molecule has 1 N–H and O–H groups in total. The van der Waals surface area contributed by atoms with Crippen LogP contribution in [-0.4, -0.2) is 21.4 Å². The zero-order valence-electron chi connectivity index (χ0n) is 10.9. The first kappa shape index (κ1) is 12.4. The fraction of sp³-hybridized carbons (Fsp3) is 0.429. The maximum atomic E-state index is 5.83. The van der Waals surface area contributed by atoms with Gasteiger partial charge in [-0.05, 0) is 36.7 Å². The third kappa shape index (κ3) is 2.30. The predicted molar refractivity (Wildman–Crippen MR) is 76.1 cm³/mol.